The molecule has 2 rings (SSSR count). The molecule has 17 heavy (non-hydrogen) atoms. The van der Waals surface area contributed by atoms with Crippen LogP contribution in [0.2, 0.25) is 4.47 Å². The third kappa shape index (κ3) is 3.18. The molecular formula is C11H9ClN2O2S. The lowest BCUT2D eigenvalue weighted by molar-refractivity contribution is 0.0697. The number of anilines is 1. The Labute approximate surface area is 107 Å². The Morgan fingerprint density at radius 3 is 2.65 bits per heavy atom. The number of hydrogen-bond acceptors (Lipinski definition) is 4. The van der Waals surface area contributed by atoms with Crippen molar-refractivity contribution in [2.45, 2.75) is 6.54 Å². The van der Waals surface area contributed by atoms with Crippen molar-refractivity contribution < 1.29 is 9.90 Å². The van der Waals surface area contributed by atoms with E-state index in [4.69, 9.17) is 16.7 Å². The molecule has 0 bridgehead atoms. The number of carbonyl (C=O) groups is 1. The molecule has 1 aromatic heterocycles. The molecular weight excluding hydrogens is 260 g/mol. The number of carboxylic acids is 1. The molecule has 2 N–H and O–H groups in total. The van der Waals surface area contributed by atoms with E-state index in [1.807, 2.05) is 0 Å². The van der Waals surface area contributed by atoms with Crippen molar-refractivity contribution in [3.8, 4) is 0 Å². The van der Waals surface area contributed by atoms with Gasteiger partial charge < -0.3 is 10.4 Å². The zero-order valence-electron chi connectivity index (χ0n) is 8.68. The molecule has 2 aromatic rings. The van der Waals surface area contributed by atoms with Gasteiger partial charge in [-0.15, -0.1) is 11.3 Å². The van der Waals surface area contributed by atoms with Crippen LogP contribution in [0.25, 0.3) is 0 Å². The molecule has 0 saturated heterocycles. The molecule has 88 valence electrons. The molecule has 0 amide bonds. The molecule has 0 spiro atoms. The fourth-order valence-corrected chi connectivity index (χ4v) is 2.20. The summed E-state index contributed by atoms with van der Waals surface area (Å²) in [6.45, 7) is 0.622. The second kappa shape index (κ2) is 5.16. The average Bonchev–Trinajstić information content (AvgIpc) is 2.73. The van der Waals surface area contributed by atoms with E-state index in [1.54, 1.807) is 30.5 Å². The van der Waals surface area contributed by atoms with E-state index in [9.17, 15) is 4.79 Å². The average molecular weight is 269 g/mol. The minimum Gasteiger partial charge on any atom is -0.478 e. The van der Waals surface area contributed by atoms with Gasteiger partial charge in [-0.25, -0.2) is 9.78 Å². The largest absolute Gasteiger partial charge is 0.478 e. The fourth-order valence-electron chi connectivity index (χ4n) is 1.29. The Kier molecular flexibility index (Phi) is 3.61. The summed E-state index contributed by atoms with van der Waals surface area (Å²) in [5.74, 6) is -0.925. The van der Waals surface area contributed by atoms with E-state index in [0.717, 1.165) is 10.6 Å². The minimum atomic E-state index is -0.925. The highest BCUT2D eigenvalue weighted by Gasteiger charge is 2.02. The second-order valence-electron chi connectivity index (χ2n) is 3.32. The van der Waals surface area contributed by atoms with Gasteiger partial charge in [0.15, 0.2) is 4.47 Å². The standard InChI is InChI=1S/C11H9ClN2O2S/c12-11-14-6-9(17-11)5-13-8-3-1-7(2-4-8)10(15)16/h1-4,6,13H,5H2,(H,15,16). The van der Waals surface area contributed by atoms with E-state index in [0.29, 0.717) is 11.0 Å². The van der Waals surface area contributed by atoms with E-state index < -0.39 is 5.97 Å². The van der Waals surface area contributed by atoms with Gasteiger partial charge in [-0.05, 0) is 24.3 Å². The summed E-state index contributed by atoms with van der Waals surface area (Å²) in [5, 5.41) is 11.9. The first-order valence-electron chi connectivity index (χ1n) is 4.82. The number of halogens is 1. The maximum atomic E-state index is 10.7. The molecule has 6 heteroatoms. The maximum absolute atomic E-state index is 10.7. The SMILES string of the molecule is O=C(O)c1ccc(NCc2cnc(Cl)s2)cc1. The normalized spacial score (nSPS) is 10.2. The van der Waals surface area contributed by atoms with Gasteiger partial charge in [-0.3, -0.25) is 0 Å². The molecule has 0 aliphatic rings. The number of nitrogens with zero attached hydrogens (tertiary/aromatic N) is 1. The van der Waals surface area contributed by atoms with Crippen LogP contribution in [0.3, 0.4) is 0 Å². The van der Waals surface area contributed by atoms with Crippen molar-refractivity contribution in [1.29, 1.82) is 0 Å². The number of rotatable bonds is 4. The van der Waals surface area contributed by atoms with Gasteiger partial charge in [0.2, 0.25) is 0 Å². The van der Waals surface area contributed by atoms with Crippen LogP contribution in [-0.2, 0) is 6.54 Å². The topological polar surface area (TPSA) is 62.2 Å². The maximum Gasteiger partial charge on any atom is 0.335 e. The summed E-state index contributed by atoms with van der Waals surface area (Å²) < 4.78 is 0.517. The molecule has 0 radical (unpaired) electrons. The molecule has 0 saturated carbocycles. The number of aromatic nitrogens is 1. The first kappa shape index (κ1) is 11.9. The summed E-state index contributed by atoms with van der Waals surface area (Å²) in [5.41, 5.74) is 1.14. The summed E-state index contributed by atoms with van der Waals surface area (Å²) in [6, 6.07) is 6.58. The molecule has 4 nitrogen and oxygen atoms in total. The van der Waals surface area contributed by atoms with Gasteiger partial charge in [0, 0.05) is 16.8 Å². The highest BCUT2D eigenvalue weighted by atomic mass is 35.5. The van der Waals surface area contributed by atoms with Crippen LogP contribution < -0.4 is 5.32 Å². The van der Waals surface area contributed by atoms with Gasteiger partial charge in [0.1, 0.15) is 0 Å². The second-order valence-corrected chi connectivity index (χ2v) is 5.01. The highest BCUT2D eigenvalue weighted by molar-refractivity contribution is 7.15. The smallest absolute Gasteiger partial charge is 0.335 e. The predicted molar refractivity (Wildman–Crippen MR) is 67.9 cm³/mol. The van der Waals surface area contributed by atoms with E-state index in [-0.39, 0.29) is 5.56 Å². The Hall–Kier alpha value is -1.59. The van der Waals surface area contributed by atoms with Gasteiger partial charge in [-0.1, -0.05) is 11.6 Å². The Morgan fingerprint density at radius 1 is 1.41 bits per heavy atom. The Balaban J connectivity index is 1.97. The molecule has 1 heterocycles. The van der Waals surface area contributed by atoms with Gasteiger partial charge in [0.25, 0.3) is 0 Å². The van der Waals surface area contributed by atoms with Crippen molar-refractivity contribution >= 4 is 34.6 Å². The first-order valence-corrected chi connectivity index (χ1v) is 6.02. The van der Waals surface area contributed by atoms with Crippen molar-refractivity contribution in [3.05, 3.63) is 45.4 Å². The van der Waals surface area contributed by atoms with Crippen LogP contribution in [0.1, 0.15) is 15.2 Å². The molecule has 1 aromatic carbocycles. The first-order chi connectivity index (χ1) is 8.15. The predicted octanol–water partition coefficient (Wildman–Crippen LogP) is 3.11. The van der Waals surface area contributed by atoms with Crippen LogP contribution in [0.5, 0.6) is 0 Å². The molecule has 0 unspecified atom stereocenters. The van der Waals surface area contributed by atoms with Crippen LogP contribution in [0.4, 0.5) is 5.69 Å². The van der Waals surface area contributed by atoms with Crippen molar-refractivity contribution in [1.82, 2.24) is 4.98 Å². The summed E-state index contributed by atoms with van der Waals surface area (Å²) >= 11 is 7.12. The lowest BCUT2D eigenvalue weighted by Gasteiger charge is -2.04. The fraction of sp³-hybridized carbons (Fsp3) is 0.0909. The number of benzene rings is 1. The molecule has 0 aliphatic carbocycles. The van der Waals surface area contributed by atoms with E-state index in [1.165, 1.54) is 11.3 Å². The molecule has 0 aliphatic heterocycles. The highest BCUT2D eigenvalue weighted by Crippen LogP contribution is 2.19. The third-order valence-electron chi connectivity index (χ3n) is 2.12. The van der Waals surface area contributed by atoms with Crippen molar-refractivity contribution in [2.75, 3.05) is 5.32 Å². The lowest BCUT2D eigenvalue weighted by Crippen LogP contribution is -1.99. The number of thiazole rings is 1. The quantitative estimate of drug-likeness (QED) is 0.894. The lowest BCUT2D eigenvalue weighted by atomic mass is 10.2. The van der Waals surface area contributed by atoms with Gasteiger partial charge >= 0.3 is 5.97 Å². The van der Waals surface area contributed by atoms with Crippen LogP contribution in [0, 0.1) is 0 Å². The summed E-state index contributed by atoms with van der Waals surface area (Å²) in [4.78, 5) is 15.6. The zero-order valence-corrected chi connectivity index (χ0v) is 10.3. The molecule has 0 fully saturated rings. The third-order valence-corrected chi connectivity index (χ3v) is 3.24. The Bertz CT molecular complexity index is 525. The number of aromatic carboxylic acids is 1. The van der Waals surface area contributed by atoms with Gasteiger partial charge in [0.05, 0.1) is 12.1 Å². The summed E-state index contributed by atoms with van der Waals surface area (Å²) in [7, 11) is 0. The summed E-state index contributed by atoms with van der Waals surface area (Å²) in [6.07, 6.45) is 1.71. The number of carboxylic acid groups (broad SMARTS) is 1. The van der Waals surface area contributed by atoms with Crippen molar-refractivity contribution in [3.63, 3.8) is 0 Å². The number of hydrogen-bond donors (Lipinski definition) is 2. The van der Waals surface area contributed by atoms with Crippen LogP contribution in [0.15, 0.2) is 30.5 Å². The molecule has 0 atom stereocenters. The number of nitrogens with one attached hydrogen (secondary N) is 1. The van der Waals surface area contributed by atoms with Crippen molar-refractivity contribution in [2.24, 2.45) is 0 Å². The van der Waals surface area contributed by atoms with Crippen LogP contribution in [-0.4, -0.2) is 16.1 Å². The monoisotopic (exact) mass is 268 g/mol. The van der Waals surface area contributed by atoms with E-state index in [2.05, 4.69) is 10.3 Å². The van der Waals surface area contributed by atoms with Crippen LogP contribution >= 0.6 is 22.9 Å². The van der Waals surface area contributed by atoms with E-state index >= 15 is 0 Å². The minimum absolute atomic E-state index is 0.274. The van der Waals surface area contributed by atoms with Gasteiger partial charge in [-0.2, -0.15) is 0 Å². The zero-order chi connectivity index (χ0) is 12.3. The Morgan fingerprint density at radius 2 is 2.12 bits per heavy atom.